The van der Waals surface area contributed by atoms with Gasteiger partial charge in [-0.3, -0.25) is 14.7 Å². The van der Waals surface area contributed by atoms with Crippen LogP contribution >= 0.6 is 0 Å². The van der Waals surface area contributed by atoms with E-state index in [0.29, 0.717) is 6.42 Å². The molecule has 16 heteroatoms. The van der Waals surface area contributed by atoms with Gasteiger partial charge in [-0.25, -0.2) is 4.21 Å². The molecule has 0 heterocycles. The lowest BCUT2D eigenvalue weighted by Gasteiger charge is -2.09. The number of rotatable bonds is 19. The smallest absolute Gasteiger partial charge is 0.296 e. The van der Waals surface area contributed by atoms with E-state index in [0.717, 1.165) is 18.2 Å². The van der Waals surface area contributed by atoms with Crippen LogP contribution in [0.3, 0.4) is 0 Å². The summed E-state index contributed by atoms with van der Waals surface area (Å²) in [5, 5.41) is 35.7. The van der Waals surface area contributed by atoms with Crippen molar-refractivity contribution < 1.29 is 31.8 Å². The van der Waals surface area contributed by atoms with E-state index in [-0.39, 0.29) is 46.1 Å². The zero-order chi connectivity index (χ0) is 33.5. The Balaban J connectivity index is 6.66. The maximum atomic E-state index is 12.3. The normalized spacial score (nSPS) is 16.0. The summed E-state index contributed by atoms with van der Waals surface area (Å²) in [6.45, 7) is 7.71. The maximum absolute atomic E-state index is 12.3. The monoisotopic (exact) mass is 650 g/mol. The molecule has 0 aliphatic carbocycles. The summed E-state index contributed by atoms with van der Waals surface area (Å²) < 4.78 is 56.8. The first kappa shape index (κ1) is 39.9. The van der Waals surface area contributed by atoms with Crippen LogP contribution in [0.4, 0.5) is 0 Å². The molecule has 14 nitrogen and oxygen atoms in total. The molecule has 0 bridgehead atoms. The van der Waals surface area contributed by atoms with Crippen molar-refractivity contribution in [3.05, 3.63) is 128 Å². The van der Waals surface area contributed by atoms with Crippen LogP contribution in [0.2, 0.25) is 0 Å². The molecule has 1 atom stereocenters. The highest BCUT2D eigenvalue weighted by atomic mass is 32.2. The SMILES string of the molecule is C=C(C)C(=C\C(=C(CN)\N=N/CC=CC/C(=C\CC)[N+](=O)[O-])S(=O)(=O)O)/C=C(C(=C\CO)\N=N/C=C/C=C\C=C/C)/S(=O)O. The van der Waals surface area contributed by atoms with Gasteiger partial charge in [0.2, 0.25) is 5.70 Å². The van der Waals surface area contributed by atoms with Gasteiger partial charge < -0.3 is 15.4 Å². The second-order valence-corrected chi connectivity index (χ2v) is 10.7. The van der Waals surface area contributed by atoms with E-state index >= 15 is 0 Å². The molecule has 0 aliphatic rings. The fourth-order valence-electron chi connectivity index (χ4n) is 2.90. The van der Waals surface area contributed by atoms with Crippen LogP contribution in [0.15, 0.2) is 138 Å². The van der Waals surface area contributed by atoms with Gasteiger partial charge in [-0.05, 0) is 56.2 Å². The number of nitrogens with zero attached hydrogens (tertiary/aromatic N) is 5. The zero-order valence-electron chi connectivity index (χ0n) is 24.7. The van der Waals surface area contributed by atoms with Crippen molar-refractivity contribution in [3.63, 3.8) is 0 Å². The van der Waals surface area contributed by atoms with E-state index in [2.05, 4.69) is 27.0 Å². The number of nitro groups is 1. The largest absolute Gasteiger partial charge is 0.392 e. The predicted octanol–water partition coefficient (Wildman–Crippen LogP) is 5.60. The fraction of sp³-hybridized carbons (Fsp3) is 0.286. The molecule has 0 radical (unpaired) electrons. The molecule has 1 unspecified atom stereocenters. The predicted molar refractivity (Wildman–Crippen MR) is 171 cm³/mol. The van der Waals surface area contributed by atoms with Crippen LogP contribution in [-0.4, -0.2) is 51.5 Å². The quantitative estimate of drug-likeness (QED) is 0.0259. The van der Waals surface area contributed by atoms with Crippen molar-refractivity contribution >= 4 is 21.2 Å². The van der Waals surface area contributed by atoms with Gasteiger partial charge in [-0.1, -0.05) is 55.5 Å². The molecule has 5 N–H and O–H groups in total. The summed E-state index contributed by atoms with van der Waals surface area (Å²) >= 11 is -2.70. The molecule has 0 aromatic heterocycles. The minimum absolute atomic E-state index is 0.0118. The number of azo groups is 2. The summed E-state index contributed by atoms with van der Waals surface area (Å²) in [5.74, 6) is 0. The van der Waals surface area contributed by atoms with Gasteiger partial charge in [0, 0.05) is 12.7 Å². The maximum Gasteiger partial charge on any atom is 0.296 e. The molecule has 0 aliphatic heterocycles. The first-order valence-electron chi connectivity index (χ1n) is 13.0. The Morgan fingerprint density at radius 1 is 1.11 bits per heavy atom. The molecule has 0 aromatic rings. The van der Waals surface area contributed by atoms with E-state index in [1.54, 1.807) is 31.2 Å². The summed E-state index contributed by atoms with van der Waals surface area (Å²) in [5.41, 5.74) is 5.34. The number of hydrogen-bond donors (Lipinski definition) is 4. The minimum Gasteiger partial charge on any atom is -0.392 e. The second-order valence-electron chi connectivity index (χ2n) is 8.33. The lowest BCUT2D eigenvalue weighted by Crippen LogP contribution is -2.10. The van der Waals surface area contributed by atoms with Crippen molar-refractivity contribution in [2.45, 2.75) is 33.6 Å². The third-order valence-electron chi connectivity index (χ3n) is 4.94. The minimum atomic E-state index is -4.95. The van der Waals surface area contributed by atoms with Crippen LogP contribution in [0.1, 0.15) is 33.6 Å². The van der Waals surface area contributed by atoms with E-state index in [1.165, 1.54) is 31.4 Å². The molecule has 240 valence electrons. The Morgan fingerprint density at radius 2 is 1.80 bits per heavy atom. The second kappa shape index (κ2) is 22.5. The summed E-state index contributed by atoms with van der Waals surface area (Å²) in [6.07, 6.45) is 18.0. The number of nitrogens with two attached hydrogens (primary N) is 1. The van der Waals surface area contributed by atoms with E-state index in [4.69, 9.17) is 5.73 Å². The van der Waals surface area contributed by atoms with Crippen molar-refractivity contribution in [1.29, 1.82) is 0 Å². The lowest BCUT2D eigenvalue weighted by molar-refractivity contribution is -0.427. The van der Waals surface area contributed by atoms with Crippen LogP contribution in [0, 0.1) is 10.1 Å². The third-order valence-corrected chi connectivity index (χ3v) is 6.55. The number of allylic oxidation sites excluding steroid dienone is 11. The van der Waals surface area contributed by atoms with Gasteiger partial charge >= 0.3 is 0 Å². The highest BCUT2D eigenvalue weighted by Crippen LogP contribution is 2.25. The Morgan fingerprint density at radius 3 is 2.32 bits per heavy atom. The van der Waals surface area contributed by atoms with E-state index < -0.39 is 44.2 Å². The number of hydrogen-bond acceptors (Lipinski definition) is 11. The van der Waals surface area contributed by atoms with Crippen LogP contribution in [0.5, 0.6) is 0 Å². The summed E-state index contributed by atoms with van der Waals surface area (Å²) in [4.78, 5) is 9.39. The Labute approximate surface area is 259 Å². The first-order chi connectivity index (χ1) is 20.8. The first-order valence-corrected chi connectivity index (χ1v) is 15.5. The van der Waals surface area contributed by atoms with E-state index in [1.807, 2.05) is 13.0 Å². The lowest BCUT2D eigenvalue weighted by atomic mass is 10.1. The Hall–Kier alpha value is -4.06. The summed E-state index contributed by atoms with van der Waals surface area (Å²) in [7, 11) is -4.95. The molecule has 0 aromatic carbocycles. The zero-order valence-corrected chi connectivity index (χ0v) is 26.3. The van der Waals surface area contributed by atoms with Crippen LogP contribution < -0.4 is 5.73 Å². The highest BCUT2D eigenvalue weighted by molar-refractivity contribution is 7.90. The summed E-state index contributed by atoms with van der Waals surface area (Å²) in [6, 6.07) is 0. The van der Waals surface area contributed by atoms with E-state index in [9.17, 15) is 37.0 Å². The molecular formula is C28H38N6O8S2. The van der Waals surface area contributed by atoms with Gasteiger partial charge in [0.15, 0.2) is 11.1 Å². The van der Waals surface area contributed by atoms with Crippen molar-refractivity contribution in [2.75, 3.05) is 19.7 Å². The van der Waals surface area contributed by atoms with Crippen molar-refractivity contribution in [3.8, 4) is 0 Å². The number of aliphatic hydroxyl groups is 1. The molecule has 0 fully saturated rings. The Kier molecular flexibility index (Phi) is 20.4. The molecule has 0 spiro atoms. The molecule has 0 rings (SSSR count). The van der Waals surface area contributed by atoms with Crippen LogP contribution in [0.25, 0.3) is 0 Å². The fourth-order valence-corrected chi connectivity index (χ4v) is 4.13. The van der Waals surface area contributed by atoms with Crippen molar-refractivity contribution in [1.82, 2.24) is 0 Å². The molecule has 0 amide bonds. The third kappa shape index (κ3) is 16.5. The van der Waals surface area contributed by atoms with Gasteiger partial charge in [0.05, 0.1) is 35.1 Å². The van der Waals surface area contributed by atoms with Gasteiger partial charge in [0.25, 0.3) is 10.1 Å². The van der Waals surface area contributed by atoms with Gasteiger partial charge in [-0.2, -0.15) is 28.9 Å². The number of aliphatic hydroxyl groups excluding tert-OH is 1. The Bertz CT molecular complexity index is 1480. The average Bonchev–Trinajstić information content (AvgIpc) is 2.94. The molecule has 0 saturated carbocycles. The molecular weight excluding hydrogens is 612 g/mol. The van der Waals surface area contributed by atoms with Crippen molar-refractivity contribution in [2.24, 2.45) is 26.2 Å². The van der Waals surface area contributed by atoms with Gasteiger partial charge in [0.1, 0.15) is 10.6 Å². The topological polar surface area (TPSA) is 230 Å². The average molecular weight is 651 g/mol. The molecule has 44 heavy (non-hydrogen) atoms. The van der Waals surface area contributed by atoms with Gasteiger partial charge in [-0.15, -0.1) is 0 Å². The molecule has 0 saturated heterocycles. The standard InChI is InChI=1S/C28H38N6O8S2/c1-5-7-8-9-11-16-30-32-25(15-18-35)27(43(38)39)19-23(22(3)4)20-28(44(40,41)42)26(21-29)33-31-17-12-10-14-24(13-6-2)34(36)37/h5,7-13,15-16,19-20,35H,3,6,14,17-18,21,29H2,1-2,4H3,(H,38,39)(H,40,41,42)/b7-5-,9-8-,12-10?,16-11+,23-20-,24-13+,25-15-,27-19+,28-26-,32-30-,33-31-. The highest BCUT2D eigenvalue weighted by Gasteiger charge is 2.20. The van der Waals surface area contributed by atoms with Crippen LogP contribution in [-0.2, 0) is 21.2 Å².